The number of rotatable bonds is 8. The van der Waals surface area contributed by atoms with E-state index in [4.69, 9.17) is 9.47 Å². The summed E-state index contributed by atoms with van der Waals surface area (Å²) in [5.74, 6) is 0.635. The number of carbonyl (C=O) groups is 2. The normalized spacial score (nSPS) is 10.4. The fraction of sp³-hybridized carbons (Fsp3) is 0.333. The highest BCUT2D eigenvalue weighted by atomic mass is 16.5. The first-order chi connectivity index (χ1) is 12.9. The first kappa shape index (κ1) is 20.3. The van der Waals surface area contributed by atoms with Gasteiger partial charge in [-0.1, -0.05) is 44.2 Å². The Bertz CT molecular complexity index is 803. The van der Waals surface area contributed by atoms with Gasteiger partial charge in [0.2, 0.25) is 5.91 Å². The number of hydrogen-bond donors (Lipinski definition) is 2. The topological polar surface area (TPSA) is 76.7 Å². The Morgan fingerprint density at radius 1 is 1.00 bits per heavy atom. The van der Waals surface area contributed by atoms with Crippen LogP contribution in [0.4, 0.5) is 5.69 Å². The van der Waals surface area contributed by atoms with E-state index in [1.54, 1.807) is 18.2 Å². The van der Waals surface area contributed by atoms with Crippen molar-refractivity contribution in [3.63, 3.8) is 0 Å². The van der Waals surface area contributed by atoms with Crippen LogP contribution in [0.15, 0.2) is 42.5 Å². The molecular formula is C21H26N2O4. The van der Waals surface area contributed by atoms with Gasteiger partial charge < -0.3 is 20.1 Å². The highest BCUT2D eigenvalue weighted by Crippen LogP contribution is 2.27. The molecule has 0 bridgehead atoms. The van der Waals surface area contributed by atoms with Gasteiger partial charge in [-0.3, -0.25) is 9.59 Å². The van der Waals surface area contributed by atoms with E-state index in [0.717, 1.165) is 16.8 Å². The molecule has 0 aliphatic rings. The number of nitrogens with one attached hydrogen (secondary N) is 2. The van der Waals surface area contributed by atoms with Crippen LogP contribution in [-0.2, 0) is 9.59 Å². The second-order valence-electron chi connectivity index (χ2n) is 6.46. The number of methoxy groups -OCH3 is 1. The Morgan fingerprint density at radius 2 is 1.70 bits per heavy atom. The van der Waals surface area contributed by atoms with Crippen LogP contribution in [0.2, 0.25) is 0 Å². The van der Waals surface area contributed by atoms with Crippen molar-refractivity contribution >= 4 is 17.5 Å². The maximum Gasteiger partial charge on any atom is 0.258 e. The summed E-state index contributed by atoms with van der Waals surface area (Å²) in [5, 5.41) is 5.45. The lowest BCUT2D eigenvalue weighted by atomic mass is 9.98. The highest BCUT2D eigenvalue weighted by Gasteiger charge is 2.13. The molecule has 0 heterocycles. The van der Waals surface area contributed by atoms with Gasteiger partial charge in [0.15, 0.2) is 18.1 Å². The highest BCUT2D eigenvalue weighted by molar-refractivity contribution is 5.96. The number of ether oxygens (including phenoxy) is 2. The number of hydrogen-bond acceptors (Lipinski definition) is 4. The second-order valence-corrected chi connectivity index (χ2v) is 6.46. The quantitative estimate of drug-likeness (QED) is 0.748. The third-order valence-corrected chi connectivity index (χ3v) is 4.07. The molecule has 27 heavy (non-hydrogen) atoms. The molecule has 0 aliphatic carbocycles. The van der Waals surface area contributed by atoms with E-state index in [1.165, 1.54) is 7.11 Å². The molecular weight excluding hydrogens is 344 g/mol. The van der Waals surface area contributed by atoms with Gasteiger partial charge in [-0.2, -0.15) is 0 Å². The predicted octanol–water partition coefficient (Wildman–Crippen LogP) is 3.26. The summed E-state index contributed by atoms with van der Waals surface area (Å²) in [7, 11) is 1.53. The van der Waals surface area contributed by atoms with E-state index in [0.29, 0.717) is 11.5 Å². The fourth-order valence-corrected chi connectivity index (χ4v) is 2.64. The lowest BCUT2D eigenvalue weighted by Gasteiger charge is -2.16. The zero-order valence-corrected chi connectivity index (χ0v) is 16.2. The smallest absolute Gasteiger partial charge is 0.258 e. The van der Waals surface area contributed by atoms with Crippen molar-refractivity contribution in [2.45, 2.75) is 26.7 Å². The molecule has 144 valence electrons. The maximum absolute atomic E-state index is 12.2. The Balaban J connectivity index is 1.86. The molecule has 2 aromatic rings. The van der Waals surface area contributed by atoms with Crippen LogP contribution in [0, 0.1) is 6.92 Å². The molecule has 0 spiro atoms. The number of anilines is 1. The standard InChI is InChI=1S/C21H26N2O4/c1-14(2)16-9-7-8-15(3)21(16)23-19(24)12-22-20(25)13-27-18-11-6-5-10-17(18)26-4/h5-11,14H,12-13H2,1-4H3,(H,22,25)(H,23,24). The van der Waals surface area contributed by atoms with Crippen molar-refractivity contribution in [1.29, 1.82) is 0 Å². The van der Waals surface area contributed by atoms with Gasteiger partial charge in [-0.25, -0.2) is 0 Å². The molecule has 0 aliphatic heterocycles. The van der Waals surface area contributed by atoms with E-state index in [1.807, 2.05) is 31.2 Å². The minimum absolute atomic E-state index is 0.125. The SMILES string of the molecule is COc1ccccc1OCC(=O)NCC(=O)Nc1c(C)cccc1C(C)C. The third-order valence-electron chi connectivity index (χ3n) is 4.07. The summed E-state index contributed by atoms with van der Waals surface area (Å²) in [6, 6.07) is 13.0. The molecule has 0 fully saturated rings. The molecule has 2 amide bonds. The average molecular weight is 370 g/mol. The van der Waals surface area contributed by atoms with Crippen LogP contribution in [-0.4, -0.2) is 32.1 Å². The minimum atomic E-state index is -0.384. The van der Waals surface area contributed by atoms with Crippen molar-refractivity contribution in [2.75, 3.05) is 25.6 Å². The van der Waals surface area contributed by atoms with Gasteiger partial charge in [0, 0.05) is 5.69 Å². The van der Waals surface area contributed by atoms with E-state index < -0.39 is 0 Å². The molecule has 2 aromatic carbocycles. The van der Waals surface area contributed by atoms with Crippen LogP contribution in [0.1, 0.15) is 30.9 Å². The lowest BCUT2D eigenvalue weighted by molar-refractivity contribution is -0.125. The molecule has 2 N–H and O–H groups in total. The van der Waals surface area contributed by atoms with Gasteiger partial charge >= 0.3 is 0 Å². The molecule has 6 nitrogen and oxygen atoms in total. The van der Waals surface area contributed by atoms with E-state index in [9.17, 15) is 9.59 Å². The van der Waals surface area contributed by atoms with E-state index in [2.05, 4.69) is 24.5 Å². The Hall–Kier alpha value is -3.02. The number of carbonyl (C=O) groups excluding carboxylic acids is 2. The van der Waals surface area contributed by atoms with Gasteiger partial charge in [-0.05, 0) is 36.1 Å². The average Bonchev–Trinajstić information content (AvgIpc) is 2.66. The van der Waals surface area contributed by atoms with E-state index in [-0.39, 0.29) is 30.9 Å². The fourth-order valence-electron chi connectivity index (χ4n) is 2.64. The molecule has 0 saturated carbocycles. The lowest BCUT2D eigenvalue weighted by Crippen LogP contribution is -2.36. The summed E-state index contributed by atoms with van der Waals surface area (Å²) in [6.07, 6.45) is 0. The Kier molecular flexibility index (Phi) is 7.23. The largest absolute Gasteiger partial charge is 0.493 e. The third kappa shape index (κ3) is 5.74. The Morgan fingerprint density at radius 3 is 2.37 bits per heavy atom. The first-order valence-corrected chi connectivity index (χ1v) is 8.84. The molecule has 0 radical (unpaired) electrons. The van der Waals surface area contributed by atoms with Crippen LogP contribution in [0.3, 0.4) is 0 Å². The summed E-state index contributed by atoms with van der Waals surface area (Å²) >= 11 is 0. The zero-order chi connectivity index (χ0) is 19.8. The monoisotopic (exact) mass is 370 g/mol. The second kappa shape index (κ2) is 9.62. The van der Waals surface area contributed by atoms with Crippen LogP contribution >= 0.6 is 0 Å². The zero-order valence-electron chi connectivity index (χ0n) is 16.2. The first-order valence-electron chi connectivity index (χ1n) is 8.84. The number of amides is 2. The summed E-state index contributed by atoms with van der Waals surface area (Å²) in [4.78, 5) is 24.2. The molecule has 0 saturated heterocycles. The van der Waals surface area contributed by atoms with Crippen molar-refractivity contribution in [3.05, 3.63) is 53.6 Å². The number of benzene rings is 2. The minimum Gasteiger partial charge on any atom is -0.493 e. The van der Waals surface area contributed by atoms with Crippen molar-refractivity contribution < 1.29 is 19.1 Å². The summed E-state index contributed by atoms with van der Waals surface area (Å²) in [5.41, 5.74) is 2.85. The number of aryl methyl sites for hydroxylation is 1. The van der Waals surface area contributed by atoms with Crippen LogP contribution in [0.5, 0.6) is 11.5 Å². The van der Waals surface area contributed by atoms with Crippen molar-refractivity contribution in [3.8, 4) is 11.5 Å². The van der Waals surface area contributed by atoms with Gasteiger partial charge in [-0.15, -0.1) is 0 Å². The molecule has 0 unspecified atom stereocenters. The van der Waals surface area contributed by atoms with Gasteiger partial charge in [0.25, 0.3) is 5.91 Å². The van der Waals surface area contributed by atoms with Crippen LogP contribution < -0.4 is 20.1 Å². The van der Waals surface area contributed by atoms with Crippen LogP contribution in [0.25, 0.3) is 0 Å². The molecule has 0 atom stereocenters. The molecule has 2 rings (SSSR count). The summed E-state index contributed by atoms with van der Waals surface area (Å²) < 4.78 is 10.6. The Labute approximate surface area is 159 Å². The van der Waals surface area contributed by atoms with Gasteiger partial charge in [0.1, 0.15) is 0 Å². The summed E-state index contributed by atoms with van der Waals surface area (Å²) in [6.45, 7) is 5.76. The van der Waals surface area contributed by atoms with Crippen molar-refractivity contribution in [1.82, 2.24) is 5.32 Å². The maximum atomic E-state index is 12.2. The predicted molar refractivity (Wildman–Crippen MR) is 105 cm³/mol. The molecule has 6 heteroatoms. The van der Waals surface area contributed by atoms with Gasteiger partial charge in [0.05, 0.1) is 13.7 Å². The molecule has 0 aromatic heterocycles. The van der Waals surface area contributed by atoms with E-state index >= 15 is 0 Å². The van der Waals surface area contributed by atoms with Crippen molar-refractivity contribution in [2.24, 2.45) is 0 Å². The number of para-hydroxylation sites is 3.